The summed E-state index contributed by atoms with van der Waals surface area (Å²) in [5, 5.41) is 3.15. The van der Waals surface area contributed by atoms with Gasteiger partial charge in [-0.05, 0) is 105 Å². The predicted octanol–water partition coefficient (Wildman–Crippen LogP) is 4.48. The maximum absolute atomic E-state index is 13.0. The molecule has 37 heavy (non-hydrogen) atoms. The van der Waals surface area contributed by atoms with Crippen LogP contribution in [0.15, 0.2) is 29.2 Å². The first-order valence-electron chi connectivity index (χ1n) is 14.1. The fourth-order valence-electron chi connectivity index (χ4n) is 7.90. The van der Waals surface area contributed by atoms with Gasteiger partial charge in [0.25, 0.3) is 5.91 Å². The second-order valence-electron chi connectivity index (χ2n) is 12.6. The molecular weight excluding hydrogens is 488 g/mol. The van der Waals surface area contributed by atoms with Gasteiger partial charge in [0.05, 0.1) is 10.8 Å². The number of esters is 1. The molecular formula is C29H42N2O5S. The highest BCUT2D eigenvalue weighted by Gasteiger charge is 2.53. The molecule has 204 valence electrons. The molecule has 5 fully saturated rings. The molecule has 1 atom stereocenters. The molecule has 0 radical (unpaired) electrons. The number of hydrogen-bond acceptors (Lipinski definition) is 5. The Morgan fingerprint density at radius 1 is 0.973 bits per heavy atom. The molecule has 1 N–H and O–H groups in total. The van der Waals surface area contributed by atoms with E-state index in [1.165, 1.54) is 42.8 Å². The van der Waals surface area contributed by atoms with Crippen molar-refractivity contribution < 1.29 is 22.7 Å². The molecule has 4 aliphatic carbocycles. The summed E-state index contributed by atoms with van der Waals surface area (Å²) in [6.07, 6.45) is 8.52. The number of sulfonamides is 1. The minimum absolute atomic E-state index is 0.0927. The van der Waals surface area contributed by atoms with Gasteiger partial charge in [-0.2, -0.15) is 4.31 Å². The lowest BCUT2D eigenvalue weighted by Gasteiger charge is -2.59. The van der Waals surface area contributed by atoms with Crippen molar-refractivity contribution in [2.45, 2.75) is 89.0 Å². The van der Waals surface area contributed by atoms with Gasteiger partial charge in [-0.25, -0.2) is 8.42 Å². The molecule has 1 heterocycles. The molecule has 8 heteroatoms. The minimum atomic E-state index is -3.60. The third-order valence-electron chi connectivity index (χ3n) is 9.70. The maximum Gasteiger partial charge on any atom is 0.309 e. The zero-order valence-electron chi connectivity index (χ0n) is 22.4. The Kier molecular flexibility index (Phi) is 7.44. The van der Waals surface area contributed by atoms with E-state index in [1.54, 1.807) is 12.1 Å². The lowest BCUT2D eigenvalue weighted by Crippen LogP contribution is -2.56. The Morgan fingerprint density at radius 2 is 1.51 bits per heavy atom. The zero-order chi connectivity index (χ0) is 26.4. The van der Waals surface area contributed by atoms with E-state index >= 15 is 0 Å². The lowest BCUT2D eigenvalue weighted by atomic mass is 9.48. The normalized spacial score (nSPS) is 30.9. The molecule has 0 spiro atoms. The van der Waals surface area contributed by atoms with E-state index in [0.29, 0.717) is 18.8 Å². The molecule has 7 nitrogen and oxygen atoms in total. The van der Waals surface area contributed by atoms with Gasteiger partial charge in [0.1, 0.15) is 0 Å². The minimum Gasteiger partial charge on any atom is -0.455 e. The Balaban J connectivity index is 1.08. The van der Waals surface area contributed by atoms with E-state index in [2.05, 4.69) is 26.1 Å². The summed E-state index contributed by atoms with van der Waals surface area (Å²) in [6.45, 7) is 6.53. The summed E-state index contributed by atoms with van der Waals surface area (Å²) in [4.78, 5) is 25.6. The summed E-state index contributed by atoms with van der Waals surface area (Å²) < 4.78 is 32.9. The highest BCUT2D eigenvalue weighted by atomic mass is 32.2. The van der Waals surface area contributed by atoms with Crippen LogP contribution < -0.4 is 5.32 Å². The Morgan fingerprint density at radius 3 is 2.03 bits per heavy atom. The SMILES string of the molecule is CC(C)c1ccc(S(=O)(=O)N2CCC(C(=O)OCC(=O)N[C@@H](C)C34CC5CC(CC(C5)C3)C4)CC2)cc1. The molecule has 6 rings (SSSR count). The van der Waals surface area contributed by atoms with Crippen LogP contribution in [-0.4, -0.2) is 50.3 Å². The van der Waals surface area contributed by atoms with Crippen molar-refractivity contribution in [2.75, 3.05) is 19.7 Å². The molecule has 0 aromatic heterocycles. The number of piperidine rings is 1. The second kappa shape index (κ2) is 10.3. The van der Waals surface area contributed by atoms with Crippen LogP contribution in [0.1, 0.15) is 83.6 Å². The number of carbonyl (C=O) groups is 2. The zero-order valence-corrected chi connectivity index (χ0v) is 23.3. The van der Waals surface area contributed by atoms with Crippen molar-refractivity contribution >= 4 is 21.9 Å². The highest BCUT2D eigenvalue weighted by Crippen LogP contribution is 2.61. The van der Waals surface area contributed by atoms with E-state index in [1.807, 2.05) is 12.1 Å². The monoisotopic (exact) mass is 530 g/mol. The number of carbonyl (C=O) groups excluding carboxylic acids is 2. The van der Waals surface area contributed by atoms with E-state index in [0.717, 1.165) is 23.3 Å². The van der Waals surface area contributed by atoms with Crippen LogP contribution in [0.4, 0.5) is 0 Å². The molecule has 1 saturated heterocycles. The smallest absolute Gasteiger partial charge is 0.309 e. The quantitative estimate of drug-likeness (QED) is 0.501. The van der Waals surface area contributed by atoms with Crippen molar-refractivity contribution in [3.8, 4) is 0 Å². The molecule has 0 unspecified atom stereocenters. The highest BCUT2D eigenvalue weighted by molar-refractivity contribution is 7.89. The fraction of sp³-hybridized carbons (Fsp3) is 0.724. The van der Waals surface area contributed by atoms with Crippen molar-refractivity contribution in [3.63, 3.8) is 0 Å². The van der Waals surface area contributed by atoms with E-state index in [9.17, 15) is 18.0 Å². The number of rotatable bonds is 8. The van der Waals surface area contributed by atoms with Gasteiger partial charge < -0.3 is 10.1 Å². The van der Waals surface area contributed by atoms with Crippen LogP contribution in [0.25, 0.3) is 0 Å². The lowest BCUT2D eigenvalue weighted by molar-refractivity contribution is -0.154. The molecule has 4 bridgehead atoms. The van der Waals surface area contributed by atoms with Gasteiger partial charge in [0, 0.05) is 19.1 Å². The molecule has 5 aliphatic rings. The van der Waals surface area contributed by atoms with Gasteiger partial charge in [-0.15, -0.1) is 0 Å². The molecule has 1 aromatic carbocycles. The van der Waals surface area contributed by atoms with Crippen LogP contribution in [0.2, 0.25) is 0 Å². The Hall–Kier alpha value is -1.93. The third kappa shape index (κ3) is 5.47. The Labute approximate surface area is 221 Å². The number of benzene rings is 1. The largest absolute Gasteiger partial charge is 0.455 e. The first kappa shape index (κ1) is 26.7. The summed E-state index contributed by atoms with van der Waals surface area (Å²) in [6, 6.07) is 7.13. The second-order valence-corrected chi connectivity index (χ2v) is 14.5. The molecule has 1 aliphatic heterocycles. The topological polar surface area (TPSA) is 92.8 Å². The van der Waals surface area contributed by atoms with Crippen molar-refractivity contribution in [1.29, 1.82) is 0 Å². The van der Waals surface area contributed by atoms with Crippen LogP contribution in [0.5, 0.6) is 0 Å². The first-order valence-corrected chi connectivity index (χ1v) is 15.6. The fourth-order valence-corrected chi connectivity index (χ4v) is 9.37. The van der Waals surface area contributed by atoms with Crippen molar-refractivity contribution in [2.24, 2.45) is 29.1 Å². The van der Waals surface area contributed by atoms with Gasteiger partial charge >= 0.3 is 5.97 Å². The van der Waals surface area contributed by atoms with Crippen molar-refractivity contribution in [3.05, 3.63) is 29.8 Å². The summed E-state index contributed by atoms with van der Waals surface area (Å²) >= 11 is 0. The van der Waals surface area contributed by atoms with Gasteiger partial charge in [0.2, 0.25) is 10.0 Å². The average molecular weight is 531 g/mol. The summed E-state index contributed by atoms with van der Waals surface area (Å²) in [5.74, 6) is 1.76. The van der Waals surface area contributed by atoms with E-state index in [4.69, 9.17) is 4.74 Å². The number of hydrogen-bond donors (Lipinski definition) is 1. The average Bonchev–Trinajstić information content (AvgIpc) is 2.86. The van der Waals surface area contributed by atoms with Crippen LogP contribution in [-0.2, 0) is 24.3 Å². The third-order valence-corrected chi connectivity index (χ3v) is 11.6. The van der Waals surface area contributed by atoms with Crippen LogP contribution in [0.3, 0.4) is 0 Å². The Bertz CT molecular complexity index is 1070. The number of nitrogens with zero attached hydrogens (tertiary/aromatic N) is 1. The summed E-state index contributed by atoms with van der Waals surface area (Å²) in [7, 11) is -3.60. The number of ether oxygens (including phenoxy) is 1. The standard InChI is InChI=1S/C29H42N2O5S/c1-19(2)24-4-6-26(7-5-24)37(34,35)31-10-8-25(9-11-31)28(33)36-18-27(32)30-20(3)29-15-21-12-22(16-29)14-23(13-21)17-29/h4-7,19-23,25H,8-18H2,1-3H3,(H,30,32)/t20-,21?,22?,23?,29?/m0/s1. The molecule has 1 amide bonds. The van der Waals surface area contributed by atoms with Gasteiger partial charge in [-0.3, -0.25) is 9.59 Å². The van der Waals surface area contributed by atoms with Gasteiger partial charge in [0.15, 0.2) is 6.61 Å². The number of amides is 1. The maximum atomic E-state index is 13.0. The number of nitrogens with one attached hydrogen (secondary N) is 1. The first-order chi connectivity index (χ1) is 17.6. The van der Waals surface area contributed by atoms with Crippen LogP contribution in [0, 0.1) is 29.1 Å². The van der Waals surface area contributed by atoms with Crippen LogP contribution >= 0.6 is 0 Å². The molecule has 1 aromatic rings. The van der Waals surface area contributed by atoms with Crippen molar-refractivity contribution in [1.82, 2.24) is 9.62 Å². The van der Waals surface area contributed by atoms with E-state index in [-0.39, 0.29) is 47.9 Å². The van der Waals surface area contributed by atoms with Gasteiger partial charge in [-0.1, -0.05) is 26.0 Å². The molecule has 4 saturated carbocycles. The van der Waals surface area contributed by atoms with E-state index < -0.39 is 16.0 Å². The predicted molar refractivity (Wildman–Crippen MR) is 141 cm³/mol. The summed E-state index contributed by atoms with van der Waals surface area (Å²) in [5.41, 5.74) is 1.30.